The first-order chi connectivity index (χ1) is 6.88. The molecule has 3 nitrogen and oxygen atoms in total. The van der Waals surface area contributed by atoms with Crippen molar-refractivity contribution >= 4 is 0 Å². The van der Waals surface area contributed by atoms with Gasteiger partial charge in [-0.25, -0.2) is 4.98 Å². The molecule has 78 valence electrons. The predicted molar refractivity (Wildman–Crippen MR) is 55.2 cm³/mol. The summed E-state index contributed by atoms with van der Waals surface area (Å²) in [4.78, 5) is 4.44. The van der Waals surface area contributed by atoms with Crippen molar-refractivity contribution in [1.29, 1.82) is 0 Å². The standard InChI is InChI=1S/C11H18N2O/c1-2-11-13-10(8-14-11)7-9-3-5-12-6-4-9/h8-9,12H,2-7H2,1H3. The molecule has 3 heteroatoms. The van der Waals surface area contributed by atoms with Gasteiger partial charge >= 0.3 is 0 Å². The van der Waals surface area contributed by atoms with Crippen LogP contribution in [0.25, 0.3) is 0 Å². The number of piperidine rings is 1. The van der Waals surface area contributed by atoms with Gasteiger partial charge in [0, 0.05) is 6.42 Å². The highest BCUT2D eigenvalue weighted by atomic mass is 16.3. The van der Waals surface area contributed by atoms with Crippen LogP contribution in [-0.2, 0) is 12.8 Å². The van der Waals surface area contributed by atoms with Crippen LogP contribution in [0.15, 0.2) is 10.7 Å². The average Bonchev–Trinajstić information content (AvgIpc) is 2.67. The quantitative estimate of drug-likeness (QED) is 0.797. The second kappa shape index (κ2) is 4.60. The Hall–Kier alpha value is -0.830. The molecule has 0 spiro atoms. The Bertz CT molecular complexity index is 277. The van der Waals surface area contributed by atoms with E-state index in [1.807, 2.05) is 6.26 Å². The van der Waals surface area contributed by atoms with Gasteiger partial charge in [0.1, 0.15) is 6.26 Å². The Balaban J connectivity index is 1.89. The smallest absolute Gasteiger partial charge is 0.193 e. The molecule has 1 N–H and O–H groups in total. The van der Waals surface area contributed by atoms with Crippen LogP contribution in [-0.4, -0.2) is 18.1 Å². The van der Waals surface area contributed by atoms with Crippen LogP contribution in [0.3, 0.4) is 0 Å². The Labute approximate surface area is 84.9 Å². The van der Waals surface area contributed by atoms with Crippen molar-refractivity contribution in [3.63, 3.8) is 0 Å². The van der Waals surface area contributed by atoms with Gasteiger partial charge in [0.05, 0.1) is 5.69 Å². The number of nitrogens with one attached hydrogen (secondary N) is 1. The molecule has 0 saturated carbocycles. The van der Waals surface area contributed by atoms with Gasteiger partial charge in [-0.3, -0.25) is 0 Å². The van der Waals surface area contributed by atoms with Gasteiger partial charge in [-0.15, -0.1) is 0 Å². The van der Waals surface area contributed by atoms with Crippen molar-refractivity contribution in [2.24, 2.45) is 5.92 Å². The minimum absolute atomic E-state index is 0.797. The largest absolute Gasteiger partial charge is 0.449 e. The average molecular weight is 194 g/mol. The molecule has 2 heterocycles. The lowest BCUT2D eigenvalue weighted by Crippen LogP contribution is -2.28. The van der Waals surface area contributed by atoms with E-state index in [9.17, 15) is 0 Å². The second-order valence-corrected chi connectivity index (χ2v) is 3.98. The van der Waals surface area contributed by atoms with Crippen LogP contribution in [0, 0.1) is 5.92 Å². The van der Waals surface area contributed by atoms with Crippen molar-refractivity contribution in [2.45, 2.75) is 32.6 Å². The third-order valence-corrected chi connectivity index (χ3v) is 2.86. The molecule has 1 fully saturated rings. The summed E-state index contributed by atoms with van der Waals surface area (Å²) in [6.07, 6.45) is 6.35. The topological polar surface area (TPSA) is 38.1 Å². The first-order valence-corrected chi connectivity index (χ1v) is 5.52. The van der Waals surface area contributed by atoms with E-state index in [0.717, 1.165) is 43.4 Å². The fourth-order valence-electron chi connectivity index (χ4n) is 1.99. The zero-order valence-electron chi connectivity index (χ0n) is 8.75. The predicted octanol–water partition coefficient (Wildman–Crippen LogP) is 1.78. The summed E-state index contributed by atoms with van der Waals surface area (Å²) in [5, 5.41) is 3.37. The van der Waals surface area contributed by atoms with E-state index in [1.54, 1.807) is 0 Å². The number of hydrogen-bond acceptors (Lipinski definition) is 3. The summed E-state index contributed by atoms with van der Waals surface area (Å²) in [5.74, 6) is 1.67. The number of aromatic nitrogens is 1. The molecule has 0 radical (unpaired) electrons. The molecule has 0 unspecified atom stereocenters. The lowest BCUT2D eigenvalue weighted by atomic mass is 9.93. The molecule has 0 bridgehead atoms. The van der Waals surface area contributed by atoms with E-state index >= 15 is 0 Å². The number of aryl methyl sites for hydroxylation is 1. The van der Waals surface area contributed by atoms with Crippen molar-refractivity contribution < 1.29 is 4.42 Å². The molecule has 1 aliphatic heterocycles. The van der Waals surface area contributed by atoms with Gasteiger partial charge in [-0.05, 0) is 38.3 Å². The summed E-state index contributed by atoms with van der Waals surface area (Å²) >= 11 is 0. The molecular formula is C11H18N2O. The van der Waals surface area contributed by atoms with Crippen LogP contribution in [0.5, 0.6) is 0 Å². The van der Waals surface area contributed by atoms with E-state index in [2.05, 4.69) is 17.2 Å². The molecule has 2 rings (SSSR count). The summed E-state index contributed by atoms with van der Waals surface area (Å²) in [6.45, 7) is 4.38. The van der Waals surface area contributed by atoms with Crippen molar-refractivity contribution in [1.82, 2.24) is 10.3 Å². The lowest BCUT2D eigenvalue weighted by Gasteiger charge is -2.21. The fraction of sp³-hybridized carbons (Fsp3) is 0.727. The van der Waals surface area contributed by atoms with E-state index in [-0.39, 0.29) is 0 Å². The molecule has 1 aliphatic rings. The Morgan fingerprint density at radius 1 is 1.50 bits per heavy atom. The molecule has 0 amide bonds. The van der Waals surface area contributed by atoms with E-state index in [4.69, 9.17) is 4.42 Å². The molecule has 0 atom stereocenters. The lowest BCUT2D eigenvalue weighted by molar-refractivity contribution is 0.370. The van der Waals surface area contributed by atoms with E-state index in [1.165, 1.54) is 12.8 Å². The monoisotopic (exact) mass is 194 g/mol. The van der Waals surface area contributed by atoms with Gasteiger partial charge in [0.25, 0.3) is 0 Å². The van der Waals surface area contributed by atoms with Crippen LogP contribution in [0.1, 0.15) is 31.4 Å². The van der Waals surface area contributed by atoms with Crippen molar-refractivity contribution in [3.8, 4) is 0 Å². The van der Waals surface area contributed by atoms with Crippen LogP contribution >= 0.6 is 0 Å². The zero-order valence-corrected chi connectivity index (χ0v) is 8.75. The highest BCUT2D eigenvalue weighted by Gasteiger charge is 2.15. The molecule has 0 aromatic carbocycles. The summed E-state index contributed by atoms with van der Waals surface area (Å²) < 4.78 is 5.33. The van der Waals surface area contributed by atoms with Crippen LogP contribution in [0.4, 0.5) is 0 Å². The third-order valence-electron chi connectivity index (χ3n) is 2.86. The molecule has 1 aromatic rings. The maximum Gasteiger partial charge on any atom is 0.193 e. The first kappa shape index (κ1) is 9.71. The van der Waals surface area contributed by atoms with Crippen LogP contribution < -0.4 is 5.32 Å². The number of nitrogens with zero attached hydrogens (tertiary/aromatic N) is 1. The van der Waals surface area contributed by atoms with Gasteiger partial charge in [-0.2, -0.15) is 0 Å². The maximum atomic E-state index is 5.33. The second-order valence-electron chi connectivity index (χ2n) is 3.98. The minimum Gasteiger partial charge on any atom is -0.449 e. The van der Waals surface area contributed by atoms with Gasteiger partial charge in [-0.1, -0.05) is 6.92 Å². The van der Waals surface area contributed by atoms with Crippen LogP contribution in [0.2, 0.25) is 0 Å². The summed E-state index contributed by atoms with van der Waals surface area (Å²) in [7, 11) is 0. The third kappa shape index (κ3) is 2.35. The van der Waals surface area contributed by atoms with Gasteiger partial charge in [0.2, 0.25) is 0 Å². The normalized spacial score (nSPS) is 18.6. The fourth-order valence-corrected chi connectivity index (χ4v) is 1.99. The molecule has 14 heavy (non-hydrogen) atoms. The van der Waals surface area contributed by atoms with E-state index < -0.39 is 0 Å². The van der Waals surface area contributed by atoms with E-state index in [0.29, 0.717) is 0 Å². The molecular weight excluding hydrogens is 176 g/mol. The highest BCUT2D eigenvalue weighted by Crippen LogP contribution is 2.17. The Morgan fingerprint density at radius 2 is 2.29 bits per heavy atom. The van der Waals surface area contributed by atoms with Crippen molar-refractivity contribution in [3.05, 3.63) is 17.8 Å². The molecule has 1 aromatic heterocycles. The molecule has 0 aliphatic carbocycles. The number of hydrogen-bond donors (Lipinski definition) is 1. The highest BCUT2D eigenvalue weighted by molar-refractivity contribution is 4.98. The number of rotatable bonds is 3. The van der Waals surface area contributed by atoms with Gasteiger partial charge < -0.3 is 9.73 Å². The Kier molecular flexibility index (Phi) is 3.19. The minimum atomic E-state index is 0.797. The van der Waals surface area contributed by atoms with Gasteiger partial charge in [0.15, 0.2) is 5.89 Å². The first-order valence-electron chi connectivity index (χ1n) is 5.52. The number of oxazole rings is 1. The summed E-state index contributed by atoms with van der Waals surface area (Å²) in [6, 6.07) is 0. The molecule has 1 saturated heterocycles. The SMILES string of the molecule is CCc1nc(CC2CCNCC2)co1. The summed E-state index contributed by atoms with van der Waals surface area (Å²) in [5.41, 5.74) is 1.13. The van der Waals surface area contributed by atoms with Crippen molar-refractivity contribution in [2.75, 3.05) is 13.1 Å². The Morgan fingerprint density at radius 3 is 2.93 bits per heavy atom. The maximum absolute atomic E-state index is 5.33. The zero-order chi connectivity index (χ0) is 9.80.